The van der Waals surface area contributed by atoms with Gasteiger partial charge < -0.3 is 16.4 Å². The molecule has 4 N–H and O–H groups in total. The van der Waals surface area contributed by atoms with E-state index in [1.165, 1.54) is 30.6 Å². The van der Waals surface area contributed by atoms with Crippen molar-refractivity contribution in [3.8, 4) is 0 Å². The number of nitrogen functional groups attached to an aromatic ring is 1. The van der Waals surface area contributed by atoms with Crippen LogP contribution < -0.4 is 16.4 Å². The third-order valence-corrected chi connectivity index (χ3v) is 3.96. The number of nitrogens with zero attached hydrogens (tertiary/aromatic N) is 1. The molecule has 18 heavy (non-hydrogen) atoms. The lowest BCUT2D eigenvalue weighted by Crippen LogP contribution is -2.27. The van der Waals surface area contributed by atoms with Crippen molar-refractivity contribution in [2.24, 2.45) is 5.92 Å². The number of aromatic nitrogens is 1. The normalized spacial score (nSPS) is 15.5. The van der Waals surface area contributed by atoms with E-state index in [1.54, 1.807) is 0 Å². The van der Waals surface area contributed by atoms with Crippen molar-refractivity contribution in [2.45, 2.75) is 39.2 Å². The van der Waals surface area contributed by atoms with Crippen LogP contribution in [0, 0.1) is 5.92 Å². The van der Waals surface area contributed by atoms with Gasteiger partial charge in [-0.05, 0) is 25.2 Å². The van der Waals surface area contributed by atoms with Crippen LogP contribution in [0.5, 0.6) is 0 Å². The van der Waals surface area contributed by atoms with E-state index in [0.29, 0.717) is 29.2 Å². The number of thiazole rings is 1. The fourth-order valence-electron chi connectivity index (χ4n) is 1.66. The Morgan fingerprint density at radius 1 is 1.56 bits per heavy atom. The van der Waals surface area contributed by atoms with Gasteiger partial charge >= 0.3 is 0 Å². The first-order valence-corrected chi connectivity index (χ1v) is 7.19. The van der Waals surface area contributed by atoms with Crippen LogP contribution in [0.4, 0.5) is 10.9 Å². The largest absolute Gasteiger partial charge is 0.382 e. The van der Waals surface area contributed by atoms with Gasteiger partial charge in [0.25, 0.3) is 5.91 Å². The van der Waals surface area contributed by atoms with E-state index >= 15 is 0 Å². The zero-order valence-corrected chi connectivity index (χ0v) is 11.6. The maximum absolute atomic E-state index is 11.9. The minimum absolute atomic E-state index is 0.125. The lowest BCUT2D eigenvalue weighted by atomic mass is 9.93. The fourth-order valence-corrected chi connectivity index (χ4v) is 2.54. The molecule has 0 unspecified atom stereocenters. The van der Waals surface area contributed by atoms with Crippen molar-refractivity contribution in [3.05, 3.63) is 4.88 Å². The monoisotopic (exact) mass is 268 g/mol. The summed E-state index contributed by atoms with van der Waals surface area (Å²) in [6, 6.07) is 0.502. The molecule has 100 valence electrons. The fraction of sp³-hybridized carbons (Fsp3) is 0.667. The maximum Gasteiger partial charge on any atom is 0.265 e. The SMILES string of the molecule is CC(C)CNC(=O)c1sc(NC2CCC2)nc1N. The van der Waals surface area contributed by atoms with E-state index in [4.69, 9.17) is 5.73 Å². The molecule has 6 heteroatoms. The third-order valence-electron chi connectivity index (χ3n) is 2.96. The predicted octanol–water partition coefficient (Wildman–Crippen LogP) is 2.08. The smallest absolute Gasteiger partial charge is 0.265 e. The van der Waals surface area contributed by atoms with Gasteiger partial charge in [0.15, 0.2) is 5.13 Å². The highest BCUT2D eigenvalue weighted by Crippen LogP contribution is 2.29. The first-order valence-electron chi connectivity index (χ1n) is 6.37. The summed E-state index contributed by atoms with van der Waals surface area (Å²) < 4.78 is 0. The zero-order valence-electron chi connectivity index (χ0n) is 10.8. The van der Waals surface area contributed by atoms with Crippen LogP contribution in [0.3, 0.4) is 0 Å². The van der Waals surface area contributed by atoms with E-state index in [1.807, 2.05) is 0 Å². The predicted molar refractivity (Wildman–Crippen MR) is 75.0 cm³/mol. The average Bonchev–Trinajstić information content (AvgIpc) is 2.62. The first-order chi connectivity index (χ1) is 8.56. The summed E-state index contributed by atoms with van der Waals surface area (Å²) in [6.07, 6.45) is 3.61. The topological polar surface area (TPSA) is 80.0 Å². The lowest BCUT2D eigenvalue weighted by Gasteiger charge is -2.25. The van der Waals surface area contributed by atoms with Gasteiger partial charge in [-0.25, -0.2) is 4.98 Å². The molecule has 0 aromatic carbocycles. The van der Waals surface area contributed by atoms with Gasteiger partial charge in [0, 0.05) is 12.6 Å². The molecular formula is C12H20N4OS. The van der Waals surface area contributed by atoms with Crippen LogP contribution in [0.2, 0.25) is 0 Å². The number of nitrogens with one attached hydrogen (secondary N) is 2. The van der Waals surface area contributed by atoms with Crippen molar-refractivity contribution in [3.63, 3.8) is 0 Å². The van der Waals surface area contributed by atoms with E-state index in [2.05, 4.69) is 29.5 Å². The molecule has 1 aromatic rings. The second kappa shape index (κ2) is 5.56. The number of rotatable bonds is 5. The third kappa shape index (κ3) is 3.13. The van der Waals surface area contributed by atoms with Crippen molar-refractivity contribution >= 4 is 28.2 Å². The van der Waals surface area contributed by atoms with Gasteiger partial charge in [-0.2, -0.15) is 0 Å². The molecule has 2 rings (SSSR count). The van der Waals surface area contributed by atoms with E-state index in [-0.39, 0.29) is 5.91 Å². The molecule has 1 aromatic heterocycles. The number of hydrogen-bond acceptors (Lipinski definition) is 5. The van der Waals surface area contributed by atoms with Crippen LogP contribution in [0.1, 0.15) is 42.8 Å². The summed E-state index contributed by atoms with van der Waals surface area (Å²) in [5.74, 6) is 0.624. The lowest BCUT2D eigenvalue weighted by molar-refractivity contribution is 0.0953. The van der Waals surface area contributed by atoms with E-state index in [9.17, 15) is 4.79 Å². The highest BCUT2D eigenvalue weighted by molar-refractivity contribution is 7.18. The van der Waals surface area contributed by atoms with Gasteiger partial charge in [-0.15, -0.1) is 0 Å². The highest BCUT2D eigenvalue weighted by atomic mass is 32.1. The number of anilines is 2. The average molecular weight is 268 g/mol. The molecule has 0 spiro atoms. The number of carbonyl (C=O) groups is 1. The number of hydrogen-bond donors (Lipinski definition) is 3. The van der Waals surface area contributed by atoms with Crippen LogP contribution in [-0.2, 0) is 0 Å². The second-order valence-corrected chi connectivity index (χ2v) is 6.11. The molecule has 0 aliphatic heterocycles. The first kappa shape index (κ1) is 13.1. The molecule has 1 saturated carbocycles. The molecule has 1 fully saturated rings. The summed E-state index contributed by atoms with van der Waals surface area (Å²) in [5.41, 5.74) is 5.78. The molecule has 1 aliphatic rings. The summed E-state index contributed by atoms with van der Waals surface area (Å²) in [4.78, 5) is 16.6. The second-order valence-electron chi connectivity index (χ2n) is 5.11. The molecule has 0 saturated heterocycles. The van der Waals surface area contributed by atoms with Gasteiger partial charge in [0.05, 0.1) is 0 Å². The molecule has 0 bridgehead atoms. The molecular weight excluding hydrogens is 248 g/mol. The zero-order chi connectivity index (χ0) is 13.1. The molecule has 0 radical (unpaired) electrons. The van der Waals surface area contributed by atoms with Crippen molar-refractivity contribution < 1.29 is 4.79 Å². The Labute approximate surface area is 111 Å². The van der Waals surface area contributed by atoms with Gasteiger partial charge in [-0.3, -0.25) is 4.79 Å². The van der Waals surface area contributed by atoms with Gasteiger partial charge in [0.2, 0.25) is 0 Å². The van der Waals surface area contributed by atoms with Crippen LogP contribution >= 0.6 is 11.3 Å². The van der Waals surface area contributed by atoms with E-state index < -0.39 is 0 Å². The quantitative estimate of drug-likeness (QED) is 0.763. The molecule has 0 atom stereocenters. The minimum Gasteiger partial charge on any atom is -0.382 e. The number of amides is 1. The summed E-state index contributed by atoms with van der Waals surface area (Å²) in [6.45, 7) is 4.77. The molecule has 1 amide bonds. The Bertz CT molecular complexity index is 426. The van der Waals surface area contributed by atoms with Crippen molar-refractivity contribution in [1.29, 1.82) is 0 Å². The summed E-state index contributed by atoms with van der Waals surface area (Å²) in [5, 5.41) is 6.92. The van der Waals surface area contributed by atoms with Crippen LogP contribution in [0.25, 0.3) is 0 Å². The molecule has 1 heterocycles. The number of nitrogens with two attached hydrogens (primary N) is 1. The minimum atomic E-state index is -0.125. The van der Waals surface area contributed by atoms with Gasteiger partial charge in [0.1, 0.15) is 10.7 Å². The van der Waals surface area contributed by atoms with Crippen LogP contribution in [0.15, 0.2) is 0 Å². The Morgan fingerprint density at radius 2 is 2.28 bits per heavy atom. The Balaban J connectivity index is 1.96. The van der Waals surface area contributed by atoms with Crippen LogP contribution in [-0.4, -0.2) is 23.5 Å². The molecule has 5 nitrogen and oxygen atoms in total. The maximum atomic E-state index is 11.9. The Hall–Kier alpha value is -1.30. The molecule has 1 aliphatic carbocycles. The van der Waals surface area contributed by atoms with Crippen molar-refractivity contribution in [1.82, 2.24) is 10.3 Å². The Kier molecular flexibility index (Phi) is 4.06. The Morgan fingerprint density at radius 3 is 2.83 bits per heavy atom. The standard InChI is InChI=1S/C12H20N4OS/c1-7(2)6-14-11(17)9-10(13)16-12(18-9)15-8-4-3-5-8/h7-8H,3-6,13H2,1-2H3,(H,14,17)(H,15,16). The number of carbonyl (C=O) groups excluding carboxylic acids is 1. The summed E-state index contributed by atoms with van der Waals surface area (Å²) >= 11 is 1.34. The summed E-state index contributed by atoms with van der Waals surface area (Å²) in [7, 11) is 0. The van der Waals surface area contributed by atoms with Crippen molar-refractivity contribution in [2.75, 3.05) is 17.6 Å². The van der Waals surface area contributed by atoms with Gasteiger partial charge in [-0.1, -0.05) is 25.2 Å². The highest BCUT2D eigenvalue weighted by Gasteiger charge is 2.21. The van der Waals surface area contributed by atoms with E-state index in [0.717, 1.165) is 5.13 Å².